The molecule has 0 aromatic carbocycles. The van der Waals surface area contributed by atoms with Crippen molar-refractivity contribution in [2.24, 2.45) is 0 Å². The Bertz CT molecular complexity index is 254. The molecular formula is C9H14N2O3. The summed E-state index contributed by atoms with van der Waals surface area (Å²) >= 11 is 0. The number of morpholine rings is 1. The first-order valence-electron chi connectivity index (χ1n) is 4.92. The summed E-state index contributed by atoms with van der Waals surface area (Å²) in [6, 6.07) is 0. The van der Waals surface area contributed by atoms with Gasteiger partial charge in [0.05, 0.1) is 13.2 Å². The van der Waals surface area contributed by atoms with E-state index >= 15 is 0 Å². The molecule has 2 saturated heterocycles. The molecule has 1 atom stereocenters. The van der Waals surface area contributed by atoms with Gasteiger partial charge in [-0.1, -0.05) is 0 Å². The van der Waals surface area contributed by atoms with E-state index < -0.39 is 6.23 Å². The number of hydrogen-bond donors (Lipinski definition) is 1. The minimum atomic E-state index is -0.548. The van der Waals surface area contributed by atoms with Crippen molar-refractivity contribution < 1.29 is 14.3 Å². The van der Waals surface area contributed by atoms with Gasteiger partial charge in [-0.15, -0.1) is 0 Å². The fraction of sp³-hybridized carbons (Fsp3) is 0.778. The summed E-state index contributed by atoms with van der Waals surface area (Å²) < 4.78 is 5.34. The van der Waals surface area contributed by atoms with Crippen LogP contribution in [0.2, 0.25) is 0 Å². The largest absolute Gasteiger partial charge is 0.352 e. The van der Waals surface area contributed by atoms with E-state index in [1.54, 1.807) is 4.90 Å². The molecule has 5 heteroatoms. The number of ether oxygens (including phenoxy) is 1. The highest BCUT2D eigenvalue weighted by molar-refractivity contribution is 5.84. The highest BCUT2D eigenvalue weighted by atomic mass is 16.5. The van der Waals surface area contributed by atoms with Crippen LogP contribution in [0.25, 0.3) is 0 Å². The lowest BCUT2D eigenvalue weighted by Gasteiger charge is -2.34. The van der Waals surface area contributed by atoms with E-state index in [1.165, 1.54) is 0 Å². The normalized spacial score (nSPS) is 30.1. The molecule has 2 aliphatic rings. The fourth-order valence-corrected chi connectivity index (χ4v) is 1.84. The van der Waals surface area contributed by atoms with Crippen molar-refractivity contribution in [1.29, 1.82) is 0 Å². The Morgan fingerprint density at radius 1 is 1.43 bits per heavy atom. The lowest BCUT2D eigenvalue weighted by atomic mass is 10.1. The van der Waals surface area contributed by atoms with Gasteiger partial charge < -0.3 is 10.1 Å². The topological polar surface area (TPSA) is 58.6 Å². The van der Waals surface area contributed by atoms with Crippen LogP contribution in [0.5, 0.6) is 0 Å². The molecule has 1 amide bonds. The predicted octanol–water partition coefficient (Wildman–Crippen LogP) is -0.876. The van der Waals surface area contributed by atoms with Gasteiger partial charge in [0.1, 0.15) is 5.78 Å². The second-order valence-electron chi connectivity index (χ2n) is 3.63. The molecule has 0 aromatic rings. The number of piperidine rings is 1. The van der Waals surface area contributed by atoms with Crippen LogP contribution >= 0.6 is 0 Å². The van der Waals surface area contributed by atoms with Gasteiger partial charge in [-0.2, -0.15) is 0 Å². The molecule has 0 aromatic heterocycles. The summed E-state index contributed by atoms with van der Waals surface area (Å²) in [5, 5.41) is 2.73. The second kappa shape index (κ2) is 4.06. The number of carbonyl (C=O) groups is 2. The van der Waals surface area contributed by atoms with Crippen molar-refractivity contribution in [3.8, 4) is 0 Å². The minimum Gasteiger partial charge on any atom is -0.352 e. The van der Waals surface area contributed by atoms with Gasteiger partial charge in [0.2, 0.25) is 0 Å². The smallest absolute Gasteiger partial charge is 0.264 e. The number of ketones is 1. The van der Waals surface area contributed by atoms with Crippen LogP contribution in [0.3, 0.4) is 0 Å². The molecule has 2 fully saturated rings. The standard InChI is InChI=1S/C9H14N2O3/c12-7-2-1-4-11(6-7)9-8(13)10-3-5-14-9/h9H,1-6H2,(H,10,13). The number of Topliss-reactive ketones (excluding diaryl/α,β-unsaturated/α-hetero) is 1. The minimum absolute atomic E-state index is 0.119. The van der Waals surface area contributed by atoms with Gasteiger partial charge in [-0.05, 0) is 6.42 Å². The highest BCUT2D eigenvalue weighted by Crippen LogP contribution is 2.12. The number of carbonyl (C=O) groups excluding carboxylic acids is 2. The van der Waals surface area contributed by atoms with E-state index in [9.17, 15) is 9.59 Å². The van der Waals surface area contributed by atoms with Gasteiger partial charge in [0, 0.05) is 19.5 Å². The van der Waals surface area contributed by atoms with Crippen LogP contribution in [0.15, 0.2) is 0 Å². The molecular weight excluding hydrogens is 184 g/mol. The first kappa shape index (κ1) is 9.61. The van der Waals surface area contributed by atoms with Gasteiger partial charge in [-0.3, -0.25) is 14.5 Å². The molecule has 5 nitrogen and oxygen atoms in total. The Balaban J connectivity index is 1.98. The Hall–Kier alpha value is -0.940. The first-order valence-corrected chi connectivity index (χ1v) is 4.92. The monoisotopic (exact) mass is 198 g/mol. The third kappa shape index (κ3) is 1.93. The molecule has 1 unspecified atom stereocenters. The van der Waals surface area contributed by atoms with Crippen LogP contribution in [-0.2, 0) is 14.3 Å². The molecule has 0 spiro atoms. The molecule has 0 bridgehead atoms. The molecule has 0 aliphatic carbocycles. The van der Waals surface area contributed by atoms with Gasteiger partial charge in [0.25, 0.3) is 5.91 Å². The lowest BCUT2D eigenvalue weighted by molar-refractivity contribution is -0.156. The van der Waals surface area contributed by atoms with Crippen molar-refractivity contribution in [2.45, 2.75) is 19.1 Å². The van der Waals surface area contributed by atoms with Crippen LogP contribution in [0, 0.1) is 0 Å². The zero-order valence-corrected chi connectivity index (χ0v) is 7.99. The summed E-state index contributed by atoms with van der Waals surface area (Å²) in [7, 11) is 0. The number of hydrogen-bond acceptors (Lipinski definition) is 4. The van der Waals surface area contributed by atoms with E-state index in [0.717, 1.165) is 13.0 Å². The maximum atomic E-state index is 11.4. The van der Waals surface area contributed by atoms with Gasteiger partial charge in [0.15, 0.2) is 6.23 Å². The summed E-state index contributed by atoms with van der Waals surface area (Å²) in [6.45, 7) is 2.21. The van der Waals surface area contributed by atoms with Crippen molar-refractivity contribution in [3.05, 3.63) is 0 Å². The van der Waals surface area contributed by atoms with E-state index in [-0.39, 0.29) is 11.7 Å². The SMILES string of the molecule is O=C1CCCN(C2OCCNC2=O)C1. The Kier molecular flexibility index (Phi) is 2.79. The average molecular weight is 198 g/mol. The predicted molar refractivity (Wildman–Crippen MR) is 48.6 cm³/mol. The third-order valence-electron chi connectivity index (χ3n) is 2.51. The van der Waals surface area contributed by atoms with Crippen LogP contribution < -0.4 is 5.32 Å². The molecule has 0 saturated carbocycles. The number of nitrogens with zero attached hydrogens (tertiary/aromatic N) is 1. The summed E-state index contributed by atoms with van der Waals surface area (Å²) in [5.74, 6) is 0.0733. The molecule has 2 rings (SSSR count). The number of nitrogens with one attached hydrogen (secondary N) is 1. The van der Waals surface area contributed by atoms with Crippen molar-refractivity contribution >= 4 is 11.7 Å². The average Bonchev–Trinajstić information content (AvgIpc) is 2.18. The van der Waals surface area contributed by atoms with E-state index in [4.69, 9.17) is 4.74 Å². The van der Waals surface area contributed by atoms with Crippen molar-refractivity contribution in [3.63, 3.8) is 0 Å². The number of likely N-dealkylation sites (tertiary alicyclic amines) is 1. The molecule has 2 aliphatic heterocycles. The molecule has 0 radical (unpaired) electrons. The van der Waals surface area contributed by atoms with Crippen LogP contribution in [-0.4, -0.2) is 49.1 Å². The maximum absolute atomic E-state index is 11.4. The maximum Gasteiger partial charge on any atom is 0.264 e. The van der Waals surface area contributed by atoms with E-state index in [2.05, 4.69) is 5.32 Å². The lowest BCUT2D eigenvalue weighted by Crippen LogP contribution is -2.55. The fourth-order valence-electron chi connectivity index (χ4n) is 1.84. The van der Waals surface area contributed by atoms with E-state index in [0.29, 0.717) is 26.1 Å². The summed E-state index contributed by atoms with van der Waals surface area (Å²) in [6.07, 6.45) is 0.907. The summed E-state index contributed by atoms with van der Waals surface area (Å²) in [5.41, 5.74) is 0. The second-order valence-corrected chi connectivity index (χ2v) is 3.63. The quantitative estimate of drug-likeness (QED) is 0.594. The molecule has 2 heterocycles. The van der Waals surface area contributed by atoms with Crippen molar-refractivity contribution in [2.75, 3.05) is 26.2 Å². The zero-order valence-electron chi connectivity index (χ0n) is 7.99. The molecule has 78 valence electrons. The third-order valence-corrected chi connectivity index (χ3v) is 2.51. The zero-order chi connectivity index (χ0) is 9.97. The Labute approximate surface area is 82.4 Å². The number of amides is 1. The van der Waals surface area contributed by atoms with Gasteiger partial charge >= 0.3 is 0 Å². The van der Waals surface area contributed by atoms with E-state index in [1.807, 2.05) is 0 Å². The van der Waals surface area contributed by atoms with Gasteiger partial charge in [-0.25, -0.2) is 0 Å². The number of rotatable bonds is 1. The highest BCUT2D eigenvalue weighted by Gasteiger charge is 2.32. The summed E-state index contributed by atoms with van der Waals surface area (Å²) in [4.78, 5) is 24.4. The first-order chi connectivity index (χ1) is 6.77. The van der Waals surface area contributed by atoms with Crippen LogP contribution in [0.1, 0.15) is 12.8 Å². The molecule has 1 N–H and O–H groups in total. The van der Waals surface area contributed by atoms with Crippen LogP contribution in [0.4, 0.5) is 0 Å². The molecule has 14 heavy (non-hydrogen) atoms. The Morgan fingerprint density at radius 3 is 3.00 bits per heavy atom. The van der Waals surface area contributed by atoms with Crippen molar-refractivity contribution in [1.82, 2.24) is 10.2 Å². The Morgan fingerprint density at radius 2 is 2.29 bits per heavy atom.